The van der Waals surface area contributed by atoms with Crippen molar-refractivity contribution in [1.29, 1.82) is 0 Å². The molecule has 18 heavy (non-hydrogen) atoms. The summed E-state index contributed by atoms with van der Waals surface area (Å²) in [7, 11) is 0. The van der Waals surface area contributed by atoms with Crippen LogP contribution in [-0.2, 0) is 4.74 Å². The second-order valence-electron chi connectivity index (χ2n) is 4.54. The van der Waals surface area contributed by atoms with E-state index in [4.69, 9.17) is 4.74 Å². The molecule has 2 aromatic rings. The summed E-state index contributed by atoms with van der Waals surface area (Å²) in [6.07, 6.45) is 1.11. The van der Waals surface area contributed by atoms with Crippen molar-refractivity contribution in [2.45, 2.75) is 23.7 Å². The summed E-state index contributed by atoms with van der Waals surface area (Å²) in [5.74, 6) is 0.577. The normalized spacial score (nSPS) is 22.9. The molecule has 1 fully saturated rings. The van der Waals surface area contributed by atoms with Gasteiger partial charge in [0.05, 0.1) is 5.44 Å². The quantitative estimate of drug-likeness (QED) is 0.735. The third-order valence-electron chi connectivity index (χ3n) is 3.02. The van der Waals surface area contributed by atoms with E-state index in [0.717, 1.165) is 6.42 Å². The van der Waals surface area contributed by atoms with Crippen LogP contribution in [0.3, 0.4) is 0 Å². The first-order chi connectivity index (χ1) is 8.31. The summed E-state index contributed by atoms with van der Waals surface area (Å²) in [4.78, 5) is 1.29. The molecule has 0 bridgehead atoms. The van der Waals surface area contributed by atoms with Crippen molar-refractivity contribution >= 4 is 22.5 Å². The molecule has 1 unspecified atom stereocenters. The van der Waals surface area contributed by atoms with Crippen molar-refractivity contribution in [3.8, 4) is 0 Å². The number of fused-ring (bicyclic) bond motifs is 1. The van der Waals surface area contributed by atoms with E-state index in [1.165, 1.54) is 15.7 Å². The van der Waals surface area contributed by atoms with Crippen LogP contribution in [0.2, 0.25) is 0 Å². The van der Waals surface area contributed by atoms with Gasteiger partial charge in [0.15, 0.2) is 0 Å². The number of hydrogen-bond acceptors (Lipinski definition) is 2. The van der Waals surface area contributed by atoms with Gasteiger partial charge in [-0.05, 0) is 29.3 Å². The smallest absolute Gasteiger partial charge is 0.542 e. The first kappa shape index (κ1) is 15.5. The Hall–Kier alpha value is 1.06. The molecule has 0 saturated carbocycles. The molecule has 3 heteroatoms. The Kier molecular flexibility index (Phi) is 6.16. The Morgan fingerprint density at radius 3 is 2.67 bits per heavy atom. The second kappa shape index (κ2) is 7.18. The molecule has 0 aromatic heterocycles. The average molecular weight is 376 g/mol. The van der Waals surface area contributed by atoms with Gasteiger partial charge < -0.3 is 4.74 Å². The van der Waals surface area contributed by atoms with E-state index in [9.17, 15) is 0 Å². The minimum absolute atomic E-state index is 0. The van der Waals surface area contributed by atoms with Crippen molar-refractivity contribution < 1.29 is 73.6 Å². The minimum Gasteiger partial charge on any atom is -0.542 e. The van der Waals surface area contributed by atoms with Gasteiger partial charge in [0.1, 0.15) is 0 Å². The molecule has 3 rings (SSSR count). The number of ether oxygens (including phenoxy) is 1. The van der Waals surface area contributed by atoms with E-state index in [-0.39, 0.29) is 74.3 Å². The van der Waals surface area contributed by atoms with Crippen LogP contribution in [0.4, 0.5) is 0 Å². The fourth-order valence-corrected chi connectivity index (χ4v) is 3.27. The molecular weight excluding hydrogens is 361 g/mol. The number of benzene rings is 2. The van der Waals surface area contributed by atoms with Gasteiger partial charge in [0.2, 0.25) is 0 Å². The number of rotatable bonds is 2. The van der Waals surface area contributed by atoms with E-state index in [0.29, 0.717) is 5.92 Å². The van der Waals surface area contributed by atoms with Crippen LogP contribution in [0.15, 0.2) is 47.4 Å². The Bertz CT molecular complexity index is 529. The maximum absolute atomic E-state index is 5.62. The van der Waals surface area contributed by atoms with E-state index >= 15 is 0 Å². The van der Waals surface area contributed by atoms with Crippen LogP contribution >= 0.6 is 11.8 Å². The van der Waals surface area contributed by atoms with Gasteiger partial charge in [0.25, 0.3) is 0 Å². The van der Waals surface area contributed by atoms with Gasteiger partial charge in [-0.1, -0.05) is 49.0 Å². The predicted octanol–water partition coefficient (Wildman–Crippen LogP) is 1.48. The average Bonchev–Trinajstić information content (AvgIpc) is 2.75. The summed E-state index contributed by atoms with van der Waals surface area (Å²) in [5, 5.41) is 2.59. The fraction of sp³-hybridized carbons (Fsp3) is 0.267. The molecule has 1 heterocycles. The number of hydrogen-bond donors (Lipinski definition) is 0. The Morgan fingerprint density at radius 2 is 1.94 bits per heavy atom. The van der Waals surface area contributed by atoms with Crippen molar-refractivity contribution in [1.82, 2.24) is 0 Å². The van der Waals surface area contributed by atoms with Crippen LogP contribution in [0, 0.1) is 12.5 Å². The molecule has 0 amide bonds. The molecule has 0 spiro atoms. The molecule has 0 radical (unpaired) electrons. The standard InChI is InChI=1S/C15H15OS.Cs/c1-11-8-15(16-10-11)17-14-7-6-12-4-2-3-5-13(12)9-14;/h2-7,9-11,15H,8H2,1H3;/q-1;+1/t11-,15?;/m1./s1. The van der Waals surface area contributed by atoms with Gasteiger partial charge in [-0.15, -0.1) is 5.92 Å². The topological polar surface area (TPSA) is 9.23 Å². The maximum Gasteiger partial charge on any atom is 1.00 e. The summed E-state index contributed by atoms with van der Waals surface area (Å²) in [6, 6.07) is 15.1. The monoisotopic (exact) mass is 376 g/mol. The zero-order valence-electron chi connectivity index (χ0n) is 10.8. The van der Waals surface area contributed by atoms with Crippen LogP contribution in [0.25, 0.3) is 10.8 Å². The molecule has 88 valence electrons. The van der Waals surface area contributed by atoms with Crippen molar-refractivity contribution in [3.63, 3.8) is 0 Å². The molecular formula is C15H15CsOS. The van der Waals surface area contributed by atoms with E-state index in [2.05, 4.69) is 49.4 Å². The van der Waals surface area contributed by atoms with E-state index < -0.39 is 0 Å². The van der Waals surface area contributed by atoms with Crippen molar-refractivity contribution in [2.75, 3.05) is 0 Å². The van der Waals surface area contributed by atoms with Crippen LogP contribution in [0.5, 0.6) is 0 Å². The van der Waals surface area contributed by atoms with Crippen LogP contribution < -0.4 is 68.9 Å². The van der Waals surface area contributed by atoms with E-state index in [1.807, 2.05) is 18.4 Å². The largest absolute Gasteiger partial charge is 1.00 e. The summed E-state index contributed by atoms with van der Waals surface area (Å²) < 4.78 is 5.62. The third-order valence-corrected chi connectivity index (χ3v) is 4.11. The molecule has 2 atom stereocenters. The Labute approximate surface area is 171 Å². The molecule has 2 aromatic carbocycles. The zero-order chi connectivity index (χ0) is 11.7. The van der Waals surface area contributed by atoms with Gasteiger partial charge in [-0.2, -0.15) is 0 Å². The van der Waals surface area contributed by atoms with Crippen molar-refractivity contribution in [2.24, 2.45) is 5.92 Å². The van der Waals surface area contributed by atoms with E-state index in [1.54, 1.807) is 0 Å². The summed E-state index contributed by atoms with van der Waals surface area (Å²) >= 11 is 1.82. The third kappa shape index (κ3) is 3.79. The Balaban J connectivity index is 0.00000120. The molecule has 1 nitrogen and oxygen atoms in total. The van der Waals surface area contributed by atoms with Gasteiger partial charge in [-0.25, -0.2) is 6.61 Å². The minimum atomic E-state index is 0. The van der Waals surface area contributed by atoms with Gasteiger partial charge in [-0.3, -0.25) is 0 Å². The molecule has 1 saturated heterocycles. The van der Waals surface area contributed by atoms with Gasteiger partial charge in [0, 0.05) is 4.90 Å². The van der Waals surface area contributed by atoms with Crippen LogP contribution in [0.1, 0.15) is 13.3 Å². The fourth-order valence-electron chi connectivity index (χ4n) is 2.10. The Morgan fingerprint density at radius 1 is 1.17 bits per heavy atom. The predicted molar refractivity (Wildman–Crippen MR) is 72.8 cm³/mol. The summed E-state index contributed by atoms with van der Waals surface area (Å²) in [6.45, 7) is 4.15. The second-order valence-corrected chi connectivity index (χ2v) is 5.77. The SMILES string of the molecule is C[C@H]1[CH-]OC(Sc2ccc3ccccc3c2)C1.[Cs+]. The number of thioether (sulfide) groups is 1. The first-order valence-electron chi connectivity index (χ1n) is 5.95. The molecule has 0 N–H and O–H groups in total. The molecule has 0 aliphatic carbocycles. The molecule has 1 aliphatic rings. The maximum atomic E-state index is 5.62. The summed E-state index contributed by atoms with van der Waals surface area (Å²) in [5.41, 5.74) is 0.283. The molecule has 1 aliphatic heterocycles. The first-order valence-corrected chi connectivity index (χ1v) is 6.83. The van der Waals surface area contributed by atoms with Gasteiger partial charge >= 0.3 is 68.9 Å². The van der Waals surface area contributed by atoms with Crippen LogP contribution in [-0.4, -0.2) is 5.44 Å². The van der Waals surface area contributed by atoms with Crippen molar-refractivity contribution in [3.05, 3.63) is 49.1 Å². The zero-order valence-corrected chi connectivity index (χ0v) is 17.9.